The second-order valence-corrected chi connectivity index (χ2v) is 10.1. The summed E-state index contributed by atoms with van der Waals surface area (Å²) in [5.74, 6) is -2.22. The molecule has 1 aliphatic heterocycles. The predicted octanol–water partition coefficient (Wildman–Crippen LogP) is 1.61. The number of hydroxylamine groups is 2. The molecule has 0 radical (unpaired) electrons. The van der Waals surface area contributed by atoms with E-state index in [2.05, 4.69) is 5.32 Å². The van der Waals surface area contributed by atoms with E-state index in [0.717, 1.165) is 5.57 Å². The van der Waals surface area contributed by atoms with Gasteiger partial charge in [0, 0.05) is 32.1 Å². The second-order valence-electron chi connectivity index (χ2n) is 8.05. The Bertz CT molecular complexity index is 1100. The molecule has 0 bridgehead atoms. The summed E-state index contributed by atoms with van der Waals surface area (Å²) in [5.41, 5.74) is -0.975. The number of hydrogen-bond acceptors (Lipinski definition) is 8. The largest absolute Gasteiger partial charge is 0.372 e. The molecule has 174 valence electrons. The number of sulfone groups is 1. The molecule has 1 aromatic rings. The summed E-state index contributed by atoms with van der Waals surface area (Å²) in [6.07, 6.45) is 2.78. The van der Waals surface area contributed by atoms with E-state index >= 15 is 0 Å². The summed E-state index contributed by atoms with van der Waals surface area (Å²) in [6, 6.07) is 6.35. The summed E-state index contributed by atoms with van der Waals surface area (Å²) >= 11 is 0. The number of carbonyl (C=O) groups excluding carboxylic acids is 2. The summed E-state index contributed by atoms with van der Waals surface area (Å²) in [7, 11) is -2.56. The second kappa shape index (κ2) is 8.83. The zero-order valence-corrected chi connectivity index (χ0v) is 18.5. The van der Waals surface area contributed by atoms with Gasteiger partial charge in [0.05, 0.1) is 5.75 Å². The number of ether oxygens (including phenoxy) is 1. The van der Waals surface area contributed by atoms with Gasteiger partial charge in [0.25, 0.3) is 5.91 Å². The van der Waals surface area contributed by atoms with E-state index in [0.29, 0.717) is 11.1 Å². The van der Waals surface area contributed by atoms with Crippen LogP contribution in [0.5, 0.6) is 0 Å². The zero-order valence-electron chi connectivity index (χ0n) is 17.7. The standard InChI is InChI=1S/C21H25FN2O7S/c1-14-11-20(31-2,8-7-15(14)16-5-3-4-6-17(16)22)13-23-21(19(26)24(27)28)9-10-32(29,30)18(25)12-21/h3-7,11,23,27-28H,8-10,12-13H2,1-2H3. The zero-order chi connectivity index (χ0) is 23.7. The fourth-order valence-corrected chi connectivity index (χ4v) is 5.40. The average molecular weight is 469 g/mol. The van der Waals surface area contributed by atoms with Crippen molar-refractivity contribution < 1.29 is 37.5 Å². The van der Waals surface area contributed by atoms with Crippen molar-refractivity contribution in [2.75, 3.05) is 19.4 Å². The molecule has 0 saturated carbocycles. The molecule has 2 unspecified atom stereocenters. The highest BCUT2D eigenvalue weighted by Gasteiger charge is 2.50. The number of amides is 1. The van der Waals surface area contributed by atoms with Crippen LogP contribution in [0.2, 0.25) is 0 Å². The van der Waals surface area contributed by atoms with E-state index in [9.17, 15) is 32.8 Å². The molecule has 2 atom stereocenters. The number of carbonyl (C=O) groups is 2. The first-order valence-electron chi connectivity index (χ1n) is 9.88. The molecule has 32 heavy (non-hydrogen) atoms. The molecule has 3 N–H and O–H groups in total. The van der Waals surface area contributed by atoms with Gasteiger partial charge in [0.1, 0.15) is 17.0 Å². The van der Waals surface area contributed by atoms with Crippen LogP contribution in [-0.2, 0) is 24.2 Å². The summed E-state index contributed by atoms with van der Waals surface area (Å²) < 4.78 is 43.6. The minimum absolute atomic E-state index is 0.0468. The van der Waals surface area contributed by atoms with Crippen molar-refractivity contribution in [1.29, 1.82) is 0 Å². The monoisotopic (exact) mass is 468 g/mol. The summed E-state index contributed by atoms with van der Waals surface area (Å²) in [4.78, 5) is 24.6. The van der Waals surface area contributed by atoms with Crippen molar-refractivity contribution in [2.24, 2.45) is 0 Å². The Morgan fingerprint density at radius 3 is 2.56 bits per heavy atom. The van der Waals surface area contributed by atoms with Crippen molar-refractivity contribution in [1.82, 2.24) is 10.5 Å². The molecule has 1 heterocycles. The highest BCUT2D eigenvalue weighted by atomic mass is 32.2. The van der Waals surface area contributed by atoms with Crippen LogP contribution in [-0.4, -0.2) is 65.6 Å². The Hall–Kier alpha value is -2.44. The lowest BCUT2D eigenvalue weighted by Crippen LogP contribution is -2.63. The third kappa shape index (κ3) is 4.52. The molecule has 1 fully saturated rings. The van der Waals surface area contributed by atoms with Gasteiger partial charge < -0.3 is 4.74 Å². The number of rotatable bonds is 6. The Balaban J connectivity index is 1.87. The molecule has 1 aliphatic carbocycles. The molecule has 0 spiro atoms. The van der Waals surface area contributed by atoms with Gasteiger partial charge in [-0.05, 0) is 36.6 Å². The number of nitrogens with zero attached hydrogens (tertiary/aromatic N) is 1. The fourth-order valence-electron chi connectivity index (χ4n) is 4.09. The van der Waals surface area contributed by atoms with E-state index < -0.39 is 49.4 Å². The molecule has 1 amide bonds. The Labute approximate surface area is 185 Å². The van der Waals surface area contributed by atoms with E-state index in [1.165, 1.54) is 13.2 Å². The maximum absolute atomic E-state index is 14.2. The van der Waals surface area contributed by atoms with Gasteiger partial charge >= 0.3 is 0 Å². The topological polar surface area (TPSA) is 133 Å². The van der Waals surface area contributed by atoms with Crippen LogP contribution < -0.4 is 5.32 Å². The molecule has 11 heteroatoms. The maximum atomic E-state index is 14.2. The molecule has 1 aromatic carbocycles. The lowest BCUT2D eigenvalue weighted by molar-refractivity contribution is -0.290. The maximum Gasteiger partial charge on any atom is 0.293 e. The first kappa shape index (κ1) is 24.2. The molecule has 1 saturated heterocycles. The molecule has 3 rings (SSSR count). The molecular weight excluding hydrogens is 443 g/mol. The van der Waals surface area contributed by atoms with Crippen LogP contribution in [0.25, 0.3) is 5.57 Å². The van der Waals surface area contributed by atoms with E-state index in [-0.39, 0.29) is 25.2 Å². The summed E-state index contributed by atoms with van der Waals surface area (Å²) in [6.45, 7) is 1.74. The number of hydrogen-bond donors (Lipinski definition) is 3. The SMILES string of the molecule is COC1(CNC2(C(=O)N(O)O)CCS(=O)(=O)C(=O)C2)C=C(C)C(c2ccccc2F)=CC1. The third-order valence-corrected chi connectivity index (χ3v) is 7.61. The lowest BCUT2D eigenvalue weighted by Gasteiger charge is -2.40. The molecular formula is C21H25FN2O7S. The van der Waals surface area contributed by atoms with Crippen molar-refractivity contribution in [2.45, 2.75) is 37.3 Å². The molecule has 9 nitrogen and oxygen atoms in total. The fraction of sp³-hybridized carbons (Fsp3) is 0.429. The van der Waals surface area contributed by atoms with Crippen LogP contribution in [0, 0.1) is 5.82 Å². The Morgan fingerprint density at radius 1 is 1.31 bits per heavy atom. The average Bonchev–Trinajstić information content (AvgIpc) is 2.75. The number of benzene rings is 1. The van der Waals surface area contributed by atoms with Crippen molar-refractivity contribution in [3.05, 3.63) is 53.4 Å². The smallest absolute Gasteiger partial charge is 0.293 e. The number of allylic oxidation sites excluding steroid dienone is 2. The van der Waals surface area contributed by atoms with Crippen molar-refractivity contribution in [3.8, 4) is 0 Å². The lowest BCUT2D eigenvalue weighted by atomic mass is 9.83. The first-order chi connectivity index (χ1) is 15.0. The first-order valence-corrected chi connectivity index (χ1v) is 11.5. The van der Waals surface area contributed by atoms with E-state index in [1.54, 1.807) is 37.3 Å². The van der Waals surface area contributed by atoms with Gasteiger partial charge in [0.2, 0.25) is 15.0 Å². The normalized spacial score (nSPS) is 27.5. The van der Waals surface area contributed by atoms with Crippen LogP contribution >= 0.6 is 0 Å². The quantitative estimate of drug-likeness (QED) is 0.424. The van der Waals surface area contributed by atoms with Gasteiger partial charge in [-0.1, -0.05) is 29.5 Å². The van der Waals surface area contributed by atoms with Gasteiger partial charge in [0.15, 0.2) is 0 Å². The Kier molecular flexibility index (Phi) is 6.68. The number of halogens is 1. The van der Waals surface area contributed by atoms with Crippen LogP contribution in [0.4, 0.5) is 4.39 Å². The van der Waals surface area contributed by atoms with Gasteiger partial charge in [-0.2, -0.15) is 0 Å². The number of nitrogens with one attached hydrogen (secondary N) is 1. The number of methoxy groups -OCH3 is 1. The third-order valence-electron chi connectivity index (χ3n) is 6.03. The van der Waals surface area contributed by atoms with Crippen LogP contribution in [0.3, 0.4) is 0 Å². The van der Waals surface area contributed by atoms with Gasteiger partial charge in [-0.3, -0.25) is 25.3 Å². The predicted molar refractivity (Wildman–Crippen MR) is 112 cm³/mol. The highest BCUT2D eigenvalue weighted by molar-refractivity contribution is 8.06. The Morgan fingerprint density at radius 2 is 2.00 bits per heavy atom. The van der Waals surface area contributed by atoms with E-state index in [1.807, 2.05) is 0 Å². The van der Waals surface area contributed by atoms with Crippen LogP contribution in [0.1, 0.15) is 31.7 Å². The highest BCUT2D eigenvalue weighted by Crippen LogP contribution is 2.36. The van der Waals surface area contributed by atoms with Gasteiger partial charge in [-0.25, -0.2) is 12.8 Å². The molecule has 2 aliphatic rings. The van der Waals surface area contributed by atoms with E-state index in [4.69, 9.17) is 4.74 Å². The summed E-state index contributed by atoms with van der Waals surface area (Å²) in [5, 5.41) is 19.6. The van der Waals surface area contributed by atoms with Crippen LogP contribution in [0.15, 0.2) is 42.0 Å². The molecule has 0 aromatic heterocycles. The van der Waals surface area contributed by atoms with Gasteiger partial charge in [-0.15, -0.1) is 0 Å². The van der Waals surface area contributed by atoms with Crippen molar-refractivity contribution in [3.63, 3.8) is 0 Å². The van der Waals surface area contributed by atoms with Crippen molar-refractivity contribution >= 4 is 26.4 Å². The minimum Gasteiger partial charge on any atom is -0.372 e. The minimum atomic E-state index is -4.01.